The van der Waals surface area contributed by atoms with Crippen molar-refractivity contribution in [2.45, 2.75) is 195 Å². The maximum Gasteiger partial charge on any atom is 0.311 e. The number of methoxy groups -OCH3 is 2. The van der Waals surface area contributed by atoms with Crippen molar-refractivity contribution in [2.24, 2.45) is 29.6 Å². The molecule has 0 amide bonds. The minimum atomic E-state index is -2.45. The van der Waals surface area contributed by atoms with Gasteiger partial charge < -0.3 is 37.6 Å². The van der Waals surface area contributed by atoms with Gasteiger partial charge in [-0.15, -0.1) is 0 Å². The van der Waals surface area contributed by atoms with Gasteiger partial charge in [0.05, 0.1) is 51.2 Å². The van der Waals surface area contributed by atoms with Crippen LogP contribution < -0.4 is 4.74 Å². The van der Waals surface area contributed by atoms with E-state index in [1.165, 1.54) is 7.11 Å². The lowest BCUT2D eigenvalue weighted by Gasteiger charge is -2.56. The summed E-state index contributed by atoms with van der Waals surface area (Å²) in [7, 11) is -1.61. The molecule has 0 aromatic heterocycles. The smallest absolute Gasteiger partial charge is 0.311 e. The van der Waals surface area contributed by atoms with Crippen LogP contribution in [0.25, 0.3) is 0 Å². The molecule has 2 rings (SSSR count). The number of aliphatic hydroxyl groups excluding tert-OH is 1. The minimum Gasteiger partial charge on any atom is -0.497 e. The first-order valence-electron chi connectivity index (χ1n) is 21.5. The maximum atomic E-state index is 15.0. The SMILES string of the molecule is CC[C@@H](O[Si](C)(C)C(C)(C)C)[C@H](C)[C@H](OCc1ccc(OC)cc1)[C@@H](C)C(=O)[C@H](C)[C@@H](O)[C@@](C)(O[Si](CC)(CC)CC)[C@@H]1OC(C)(C)O[C@H]([C@@H](C)C(=O)OC)[C@@H]1C. The molecule has 57 heavy (non-hydrogen) atoms. The maximum absolute atomic E-state index is 15.0. The number of carbonyl (C=O) groups is 2. The van der Waals surface area contributed by atoms with Crippen LogP contribution >= 0.6 is 0 Å². The van der Waals surface area contributed by atoms with Crippen LogP contribution in [0.15, 0.2) is 24.3 Å². The summed E-state index contributed by atoms with van der Waals surface area (Å²) in [5.74, 6) is -3.48. The molecule has 0 saturated carbocycles. The minimum absolute atomic E-state index is 0.00366. The lowest BCUT2D eigenvalue weighted by atomic mass is 9.73. The van der Waals surface area contributed by atoms with E-state index < -0.39 is 76.1 Å². The van der Waals surface area contributed by atoms with E-state index >= 15 is 4.79 Å². The van der Waals surface area contributed by atoms with Crippen LogP contribution in [0.4, 0.5) is 0 Å². The average Bonchev–Trinajstić information content (AvgIpc) is 3.17. The van der Waals surface area contributed by atoms with Gasteiger partial charge in [0.25, 0.3) is 0 Å². The third kappa shape index (κ3) is 12.2. The molecule has 1 aliphatic heterocycles. The molecule has 1 aromatic rings. The Hall–Kier alpha value is -1.65. The van der Waals surface area contributed by atoms with Gasteiger partial charge in [0.2, 0.25) is 0 Å². The highest BCUT2D eigenvalue weighted by Gasteiger charge is 2.58. The molecule has 1 heterocycles. The van der Waals surface area contributed by atoms with Crippen molar-refractivity contribution in [3.8, 4) is 5.75 Å². The van der Waals surface area contributed by atoms with E-state index in [9.17, 15) is 9.90 Å². The summed E-state index contributed by atoms with van der Waals surface area (Å²) in [6, 6.07) is 10.2. The van der Waals surface area contributed by atoms with E-state index in [2.05, 4.69) is 68.5 Å². The quantitative estimate of drug-likeness (QED) is 0.0893. The Morgan fingerprint density at radius 1 is 0.895 bits per heavy atom. The number of benzene rings is 1. The Kier molecular flexibility index (Phi) is 18.7. The number of ketones is 1. The Morgan fingerprint density at radius 2 is 1.44 bits per heavy atom. The highest BCUT2D eigenvalue weighted by Crippen LogP contribution is 2.46. The Morgan fingerprint density at radius 3 is 1.89 bits per heavy atom. The second-order valence-electron chi connectivity index (χ2n) is 19.0. The molecule has 10 nitrogen and oxygen atoms in total. The van der Waals surface area contributed by atoms with Crippen LogP contribution in [0.2, 0.25) is 36.3 Å². The lowest BCUT2D eigenvalue weighted by Crippen LogP contribution is -2.68. The Labute approximate surface area is 349 Å². The van der Waals surface area contributed by atoms with E-state index in [-0.39, 0.29) is 28.8 Å². The zero-order chi connectivity index (χ0) is 43.9. The zero-order valence-electron chi connectivity index (χ0n) is 39.2. The number of rotatable bonds is 22. The molecule has 12 heteroatoms. The normalized spacial score (nSPS) is 24.0. The highest BCUT2D eigenvalue weighted by molar-refractivity contribution is 6.74. The van der Waals surface area contributed by atoms with Crippen LogP contribution in [-0.4, -0.2) is 89.6 Å². The fourth-order valence-electron chi connectivity index (χ4n) is 8.51. The van der Waals surface area contributed by atoms with Gasteiger partial charge in [-0.3, -0.25) is 9.59 Å². The molecule has 0 spiro atoms. The summed E-state index contributed by atoms with van der Waals surface area (Å²) in [5.41, 5.74) is -0.371. The van der Waals surface area contributed by atoms with Gasteiger partial charge in [-0.05, 0) is 88.1 Å². The number of carbonyl (C=O) groups excluding carboxylic acids is 2. The number of esters is 1. The van der Waals surface area contributed by atoms with E-state index in [1.54, 1.807) is 21.0 Å². The number of aliphatic hydroxyl groups is 1. The first kappa shape index (κ1) is 51.5. The highest BCUT2D eigenvalue weighted by atomic mass is 28.4. The molecule has 0 unspecified atom stereocenters. The van der Waals surface area contributed by atoms with Crippen molar-refractivity contribution in [3.05, 3.63) is 29.8 Å². The molecule has 1 aromatic carbocycles. The van der Waals surface area contributed by atoms with Gasteiger partial charge >= 0.3 is 5.97 Å². The summed E-state index contributed by atoms with van der Waals surface area (Å²) in [6.45, 7) is 35.2. The van der Waals surface area contributed by atoms with Gasteiger partial charge in [-0.2, -0.15) is 0 Å². The monoisotopic (exact) mass is 839 g/mol. The van der Waals surface area contributed by atoms with Gasteiger partial charge in [0.1, 0.15) is 17.1 Å². The fraction of sp³-hybridized carbons (Fsp3) is 0.822. The van der Waals surface area contributed by atoms with Crippen LogP contribution in [-0.2, 0) is 44.0 Å². The summed E-state index contributed by atoms with van der Waals surface area (Å²) in [6.07, 6.45) is -2.47. The third-order valence-corrected chi connectivity index (χ3v) is 22.9. The van der Waals surface area contributed by atoms with E-state index in [4.69, 9.17) is 32.5 Å². The molecule has 1 aliphatic rings. The molecule has 11 atom stereocenters. The predicted molar refractivity (Wildman–Crippen MR) is 233 cm³/mol. The Bertz CT molecular complexity index is 1400. The predicted octanol–water partition coefficient (Wildman–Crippen LogP) is 9.96. The lowest BCUT2D eigenvalue weighted by molar-refractivity contribution is -0.355. The number of hydrogen-bond acceptors (Lipinski definition) is 10. The molecule has 0 aliphatic carbocycles. The molecule has 1 saturated heterocycles. The second-order valence-corrected chi connectivity index (χ2v) is 28.4. The molecule has 1 N–H and O–H groups in total. The largest absolute Gasteiger partial charge is 0.497 e. The standard InChI is InChI=1S/C45H82O10Si2/c1-20-36(54-56(18,19)43(10,11)12)29(5)38(51-28-34-24-26-35(49-16)27-25-34)30(6)37(46)31(7)40(47)45(15,55-57(21-2,22-3)23-4)41-32(8)39(33(9)42(48)50-17)52-44(13,14)53-41/h24-27,29-33,36,38-41,47H,20-23,28H2,1-19H3/t29-,30-,31-,32-,33+,36+,38-,39-,40+,41+,45+/m0/s1. The van der Waals surface area contributed by atoms with E-state index in [0.717, 1.165) is 35.9 Å². The number of Topliss-reactive ketones (excluding diaryl/α,β-unsaturated/α-hetero) is 1. The molecule has 0 bridgehead atoms. The molecular formula is C45H82O10Si2. The third-order valence-electron chi connectivity index (χ3n) is 13.6. The molecule has 1 fully saturated rings. The Balaban J connectivity index is 2.68. The van der Waals surface area contributed by atoms with Crippen LogP contribution in [0.5, 0.6) is 5.75 Å². The van der Waals surface area contributed by atoms with Crippen molar-refractivity contribution >= 4 is 28.4 Å². The summed E-state index contributed by atoms with van der Waals surface area (Å²) in [4.78, 5) is 27.9. The van der Waals surface area contributed by atoms with Gasteiger partial charge in [0, 0.05) is 29.8 Å². The topological polar surface area (TPSA) is 119 Å². The van der Waals surface area contributed by atoms with Crippen molar-refractivity contribution < 1.29 is 47.2 Å². The zero-order valence-corrected chi connectivity index (χ0v) is 41.2. The van der Waals surface area contributed by atoms with Crippen molar-refractivity contribution in [1.29, 1.82) is 0 Å². The fourth-order valence-corrected chi connectivity index (χ4v) is 13.1. The van der Waals surface area contributed by atoms with E-state index in [0.29, 0.717) is 6.61 Å². The number of ether oxygens (including phenoxy) is 5. The summed E-state index contributed by atoms with van der Waals surface area (Å²) >= 11 is 0. The molecule has 330 valence electrons. The molecule has 0 radical (unpaired) electrons. The first-order chi connectivity index (χ1) is 26.2. The van der Waals surface area contributed by atoms with Crippen LogP contribution in [0.1, 0.15) is 116 Å². The van der Waals surface area contributed by atoms with E-state index in [1.807, 2.05) is 58.9 Å². The first-order valence-corrected chi connectivity index (χ1v) is 27.0. The second kappa shape index (κ2) is 20.7. The van der Waals surface area contributed by atoms with Crippen molar-refractivity contribution in [1.82, 2.24) is 0 Å². The number of hydrogen-bond donors (Lipinski definition) is 1. The van der Waals surface area contributed by atoms with Gasteiger partial charge in [-0.25, -0.2) is 0 Å². The van der Waals surface area contributed by atoms with Crippen molar-refractivity contribution in [2.75, 3.05) is 14.2 Å². The summed E-state index contributed by atoms with van der Waals surface area (Å²) in [5, 5.41) is 12.8. The van der Waals surface area contributed by atoms with Crippen molar-refractivity contribution in [3.63, 3.8) is 0 Å². The van der Waals surface area contributed by atoms with Gasteiger partial charge in [-0.1, -0.05) is 88.3 Å². The average molecular weight is 839 g/mol. The van der Waals surface area contributed by atoms with Crippen LogP contribution in [0, 0.1) is 29.6 Å². The van der Waals surface area contributed by atoms with Gasteiger partial charge in [0.15, 0.2) is 22.4 Å². The molecular weight excluding hydrogens is 757 g/mol. The van der Waals surface area contributed by atoms with Crippen LogP contribution in [0.3, 0.4) is 0 Å². The summed E-state index contributed by atoms with van der Waals surface area (Å²) < 4.78 is 44.9.